The highest BCUT2D eigenvalue weighted by atomic mass is 16.5. The third-order valence-electron chi connectivity index (χ3n) is 3.64. The normalized spacial score (nSPS) is 23.7. The summed E-state index contributed by atoms with van der Waals surface area (Å²) in [5.41, 5.74) is 2.24. The van der Waals surface area contributed by atoms with E-state index in [2.05, 4.69) is 42.9 Å². The molecule has 2 heterocycles. The maximum atomic E-state index is 5.72. The van der Waals surface area contributed by atoms with Gasteiger partial charge >= 0.3 is 0 Å². The van der Waals surface area contributed by atoms with Crippen molar-refractivity contribution in [2.45, 2.75) is 45.6 Å². The second kappa shape index (κ2) is 4.08. The molecule has 0 amide bonds. The van der Waals surface area contributed by atoms with Crippen LogP contribution in [-0.2, 0) is 4.74 Å². The second-order valence-electron chi connectivity index (χ2n) is 6.35. The monoisotopic (exact) mass is 244 g/mol. The number of hydrogen-bond donors (Lipinski definition) is 0. The van der Waals surface area contributed by atoms with E-state index in [1.807, 2.05) is 6.07 Å². The Labute approximate surface area is 108 Å². The van der Waals surface area contributed by atoms with Gasteiger partial charge in [-0.1, -0.05) is 26.8 Å². The summed E-state index contributed by atoms with van der Waals surface area (Å²) in [4.78, 5) is 9.36. The topological polar surface area (TPSA) is 34.5 Å². The largest absolute Gasteiger partial charge is 0.474 e. The fourth-order valence-electron chi connectivity index (χ4n) is 2.13. The Morgan fingerprint density at radius 2 is 2.00 bits per heavy atom. The van der Waals surface area contributed by atoms with Gasteiger partial charge in [0.15, 0.2) is 0 Å². The summed E-state index contributed by atoms with van der Waals surface area (Å²) in [6.07, 6.45) is 2.54. The molecule has 2 aliphatic rings. The molecule has 0 saturated heterocycles. The van der Waals surface area contributed by atoms with E-state index < -0.39 is 0 Å². The van der Waals surface area contributed by atoms with E-state index >= 15 is 0 Å². The van der Waals surface area contributed by atoms with Crippen LogP contribution in [0.3, 0.4) is 0 Å². The molecule has 1 fully saturated rings. The van der Waals surface area contributed by atoms with Gasteiger partial charge in [-0.25, -0.2) is 9.98 Å². The molecule has 1 atom stereocenters. The summed E-state index contributed by atoms with van der Waals surface area (Å²) >= 11 is 0. The first-order valence-corrected chi connectivity index (χ1v) is 6.72. The van der Waals surface area contributed by atoms with E-state index in [0.29, 0.717) is 12.5 Å². The molecule has 3 nitrogen and oxygen atoms in total. The molecular formula is C15H20N2O. The molecule has 0 bridgehead atoms. The Morgan fingerprint density at radius 3 is 2.61 bits per heavy atom. The first-order chi connectivity index (χ1) is 8.54. The van der Waals surface area contributed by atoms with Gasteiger partial charge in [0.1, 0.15) is 12.3 Å². The Kier molecular flexibility index (Phi) is 2.65. The highest BCUT2D eigenvalue weighted by Crippen LogP contribution is 2.39. The average Bonchev–Trinajstić information content (AvgIpc) is 3.04. The van der Waals surface area contributed by atoms with Crippen molar-refractivity contribution in [2.75, 3.05) is 6.61 Å². The zero-order chi connectivity index (χ0) is 12.8. The molecule has 0 aromatic carbocycles. The lowest BCUT2D eigenvalue weighted by Crippen LogP contribution is -2.25. The minimum atomic E-state index is 0.149. The minimum absolute atomic E-state index is 0.149. The Morgan fingerprint density at radius 1 is 1.22 bits per heavy atom. The van der Waals surface area contributed by atoms with Crippen molar-refractivity contribution in [1.29, 1.82) is 0 Å². The molecule has 3 heteroatoms. The van der Waals surface area contributed by atoms with Crippen molar-refractivity contribution in [2.24, 2.45) is 10.4 Å². The van der Waals surface area contributed by atoms with E-state index in [-0.39, 0.29) is 11.5 Å². The Balaban J connectivity index is 1.85. The van der Waals surface area contributed by atoms with Crippen LogP contribution in [0.4, 0.5) is 0 Å². The van der Waals surface area contributed by atoms with Crippen LogP contribution >= 0.6 is 0 Å². The van der Waals surface area contributed by atoms with Crippen LogP contribution in [0.25, 0.3) is 0 Å². The van der Waals surface area contributed by atoms with E-state index in [1.54, 1.807) is 0 Å². The zero-order valence-electron chi connectivity index (χ0n) is 11.3. The van der Waals surface area contributed by atoms with Gasteiger partial charge in [-0.3, -0.25) is 0 Å². The lowest BCUT2D eigenvalue weighted by atomic mass is 9.88. The molecular weight excluding hydrogens is 224 g/mol. The molecule has 0 unspecified atom stereocenters. The second-order valence-corrected chi connectivity index (χ2v) is 6.35. The number of ether oxygens (including phenoxy) is 1. The van der Waals surface area contributed by atoms with Gasteiger partial charge in [0.25, 0.3) is 0 Å². The first kappa shape index (κ1) is 11.7. The van der Waals surface area contributed by atoms with Gasteiger partial charge in [-0.2, -0.15) is 0 Å². The van der Waals surface area contributed by atoms with Gasteiger partial charge in [0.2, 0.25) is 5.90 Å². The third-order valence-corrected chi connectivity index (χ3v) is 3.64. The molecule has 18 heavy (non-hydrogen) atoms. The fourth-order valence-corrected chi connectivity index (χ4v) is 2.13. The molecule has 1 saturated carbocycles. The van der Waals surface area contributed by atoms with Gasteiger partial charge < -0.3 is 4.74 Å². The number of nitrogens with zero attached hydrogens (tertiary/aromatic N) is 2. The average molecular weight is 244 g/mol. The maximum Gasteiger partial charge on any atom is 0.235 e. The SMILES string of the molecule is CC(C)(C)[C@H]1COC(c2cccc(C3CC3)n2)=N1. The maximum absolute atomic E-state index is 5.72. The van der Waals surface area contributed by atoms with Crippen LogP contribution in [0.2, 0.25) is 0 Å². The van der Waals surface area contributed by atoms with Gasteiger partial charge in [0.05, 0.1) is 6.04 Å². The summed E-state index contributed by atoms with van der Waals surface area (Å²) in [6, 6.07) is 6.40. The summed E-state index contributed by atoms with van der Waals surface area (Å²) in [5, 5.41) is 0. The van der Waals surface area contributed by atoms with Crippen molar-refractivity contribution in [3.8, 4) is 0 Å². The predicted octanol–water partition coefficient (Wildman–Crippen LogP) is 3.15. The van der Waals surface area contributed by atoms with E-state index in [0.717, 1.165) is 11.6 Å². The van der Waals surface area contributed by atoms with Gasteiger partial charge in [-0.15, -0.1) is 0 Å². The third kappa shape index (κ3) is 2.26. The fraction of sp³-hybridized carbons (Fsp3) is 0.600. The van der Waals surface area contributed by atoms with Crippen LogP contribution in [0.1, 0.15) is 50.9 Å². The molecule has 0 N–H and O–H groups in total. The summed E-state index contributed by atoms with van der Waals surface area (Å²) in [7, 11) is 0. The first-order valence-electron chi connectivity index (χ1n) is 6.72. The lowest BCUT2D eigenvalue weighted by Gasteiger charge is -2.21. The molecule has 1 aromatic heterocycles. The van der Waals surface area contributed by atoms with E-state index in [9.17, 15) is 0 Å². The number of aliphatic imine (C=N–C) groups is 1. The highest BCUT2D eigenvalue weighted by molar-refractivity contribution is 5.93. The van der Waals surface area contributed by atoms with Gasteiger partial charge in [-0.05, 0) is 30.4 Å². The van der Waals surface area contributed by atoms with Gasteiger partial charge in [0, 0.05) is 11.6 Å². The van der Waals surface area contributed by atoms with Crippen LogP contribution in [0.5, 0.6) is 0 Å². The number of hydrogen-bond acceptors (Lipinski definition) is 3. The predicted molar refractivity (Wildman–Crippen MR) is 71.9 cm³/mol. The number of rotatable bonds is 2. The standard InChI is InChI=1S/C15H20N2O/c1-15(2,3)13-9-18-14(17-13)12-6-4-5-11(16-12)10-7-8-10/h4-6,10,13H,7-9H2,1-3H3/t13-/m1/s1. The van der Waals surface area contributed by atoms with E-state index in [4.69, 9.17) is 4.74 Å². The van der Waals surface area contributed by atoms with Crippen molar-refractivity contribution < 1.29 is 4.74 Å². The minimum Gasteiger partial charge on any atom is -0.474 e. The van der Waals surface area contributed by atoms with Crippen LogP contribution in [0, 0.1) is 5.41 Å². The molecule has 1 aliphatic heterocycles. The molecule has 96 valence electrons. The number of pyridine rings is 1. The molecule has 0 spiro atoms. The zero-order valence-corrected chi connectivity index (χ0v) is 11.3. The summed E-state index contributed by atoms with van der Waals surface area (Å²) < 4.78 is 5.72. The smallest absolute Gasteiger partial charge is 0.235 e. The number of aromatic nitrogens is 1. The molecule has 1 aliphatic carbocycles. The Hall–Kier alpha value is -1.38. The van der Waals surface area contributed by atoms with E-state index in [1.165, 1.54) is 18.5 Å². The van der Waals surface area contributed by atoms with Crippen molar-refractivity contribution in [3.63, 3.8) is 0 Å². The molecule has 0 radical (unpaired) electrons. The highest BCUT2D eigenvalue weighted by Gasteiger charge is 2.31. The van der Waals surface area contributed by atoms with Crippen LogP contribution < -0.4 is 0 Å². The van der Waals surface area contributed by atoms with Crippen molar-refractivity contribution in [3.05, 3.63) is 29.6 Å². The summed E-state index contributed by atoms with van der Waals surface area (Å²) in [6.45, 7) is 7.26. The van der Waals surface area contributed by atoms with Crippen molar-refractivity contribution in [1.82, 2.24) is 4.98 Å². The molecule has 3 rings (SSSR count). The summed E-state index contributed by atoms with van der Waals surface area (Å²) in [5.74, 6) is 1.39. The lowest BCUT2D eigenvalue weighted by molar-refractivity contribution is 0.235. The quantitative estimate of drug-likeness (QED) is 0.801. The van der Waals surface area contributed by atoms with Crippen LogP contribution in [0.15, 0.2) is 23.2 Å². The Bertz CT molecular complexity index is 484. The molecule has 1 aromatic rings. The van der Waals surface area contributed by atoms with Crippen molar-refractivity contribution >= 4 is 5.90 Å². The van der Waals surface area contributed by atoms with Crippen LogP contribution in [-0.4, -0.2) is 23.5 Å².